The molecule has 16 heavy (non-hydrogen) atoms. The van der Waals surface area contributed by atoms with E-state index in [9.17, 15) is 0 Å². The number of rotatable bonds is 1. The highest BCUT2D eigenvalue weighted by Crippen LogP contribution is 2.62. The summed E-state index contributed by atoms with van der Waals surface area (Å²) < 4.78 is 0. The van der Waals surface area contributed by atoms with Gasteiger partial charge in [0.05, 0.1) is 0 Å². The maximum absolute atomic E-state index is 4.20. The van der Waals surface area contributed by atoms with E-state index in [0.717, 1.165) is 11.8 Å². The van der Waals surface area contributed by atoms with Crippen LogP contribution in [-0.4, -0.2) is 0 Å². The van der Waals surface area contributed by atoms with Crippen LogP contribution in [0.2, 0.25) is 0 Å². The van der Waals surface area contributed by atoms with Gasteiger partial charge in [0, 0.05) is 0 Å². The molecule has 0 spiro atoms. The second kappa shape index (κ2) is 3.89. The molecule has 0 aromatic heterocycles. The molecule has 0 aromatic carbocycles. The largest absolute Gasteiger partial charge is 0.0999 e. The fourth-order valence-electron chi connectivity index (χ4n) is 4.38. The maximum atomic E-state index is 4.20. The predicted octanol–water partition coefficient (Wildman–Crippen LogP) is 5.20. The average Bonchev–Trinajstić information content (AvgIpc) is 2.20. The van der Waals surface area contributed by atoms with Crippen molar-refractivity contribution in [3.63, 3.8) is 0 Å². The zero-order valence-electron chi connectivity index (χ0n) is 11.6. The number of hydrogen-bond acceptors (Lipinski definition) is 0. The van der Waals surface area contributed by atoms with E-state index in [2.05, 4.69) is 34.3 Å². The summed E-state index contributed by atoms with van der Waals surface area (Å²) in [6, 6.07) is 0. The van der Waals surface area contributed by atoms with Gasteiger partial charge in [0.15, 0.2) is 0 Å². The van der Waals surface area contributed by atoms with Crippen LogP contribution < -0.4 is 0 Å². The van der Waals surface area contributed by atoms with E-state index < -0.39 is 0 Å². The lowest BCUT2D eigenvalue weighted by molar-refractivity contribution is -0.0809. The quantitative estimate of drug-likeness (QED) is 0.533. The first-order valence-corrected chi connectivity index (χ1v) is 7.04. The Balaban J connectivity index is 2.26. The summed E-state index contributed by atoms with van der Waals surface area (Å²) in [7, 11) is 0. The topological polar surface area (TPSA) is 0 Å². The molecule has 2 aliphatic rings. The molecule has 2 saturated carbocycles. The summed E-state index contributed by atoms with van der Waals surface area (Å²) in [6.45, 7) is 14.0. The van der Waals surface area contributed by atoms with Crippen LogP contribution in [0.25, 0.3) is 0 Å². The zero-order chi connectivity index (χ0) is 12.0. The lowest BCUT2D eigenvalue weighted by Crippen LogP contribution is -2.49. The van der Waals surface area contributed by atoms with Crippen molar-refractivity contribution < 1.29 is 0 Å². The molecule has 0 N–H and O–H groups in total. The number of allylic oxidation sites excluding steroid dienone is 1. The highest BCUT2D eigenvalue weighted by Gasteiger charge is 2.52. The van der Waals surface area contributed by atoms with Crippen molar-refractivity contribution in [2.24, 2.45) is 22.7 Å². The van der Waals surface area contributed by atoms with E-state index in [1.807, 2.05) is 0 Å². The normalized spacial score (nSPS) is 48.5. The van der Waals surface area contributed by atoms with Crippen LogP contribution in [0, 0.1) is 22.7 Å². The third-order valence-electron chi connectivity index (χ3n) is 6.24. The molecule has 0 nitrogen and oxygen atoms in total. The Bertz CT molecular complexity index is 290. The van der Waals surface area contributed by atoms with Crippen molar-refractivity contribution in [3.05, 3.63) is 12.2 Å². The molecular formula is C16H28. The zero-order valence-corrected chi connectivity index (χ0v) is 11.6. The molecule has 0 heterocycles. The molecule has 2 aliphatic carbocycles. The highest BCUT2D eigenvalue weighted by atomic mass is 14.6. The Morgan fingerprint density at radius 3 is 2.50 bits per heavy atom. The Labute approximate surface area is 102 Å². The van der Waals surface area contributed by atoms with Crippen molar-refractivity contribution in [2.45, 2.75) is 66.2 Å². The standard InChI is InChI=1S/C16H28/c1-12(2)14-8-10-15(4)9-6-7-13(3)16(15,5)11-14/h13-14H,1,6-11H2,2-5H3/t13-,14+,15+,16+/m0/s1. The average molecular weight is 220 g/mol. The van der Waals surface area contributed by atoms with Gasteiger partial charge in [0.25, 0.3) is 0 Å². The molecular weight excluding hydrogens is 192 g/mol. The van der Waals surface area contributed by atoms with Crippen molar-refractivity contribution in [1.82, 2.24) is 0 Å². The summed E-state index contributed by atoms with van der Waals surface area (Å²) in [4.78, 5) is 0. The van der Waals surface area contributed by atoms with E-state index in [0.29, 0.717) is 10.8 Å². The van der Waals surface area contributed by atoms with E-state index in [1.165, 1.54) is 44.1 Å². The Morgan fingerprint density at radius 1 is 1.19 bits per heavy atom. The molecule has 4 atom stereocenters. The minimum Gasteiger partial charge on any atom is -0.0999 e. The van der Waals surface area contributed by atoms with Gasteiger partial charge in [0.1, 0.15) is 0 Å². The minimum absolute atomic E-state index is 0.563. The first kappa shape index (κ1) is 12.2. The first-order chi connectivity index (χ1) is 7.39. The van der Waals surface area contributed by atoms with Gasteiger partial charge in [-0.15, -0.1) is 0 Å². The van der Waals surface area contributed by atoms with Gasteiger partial charge in [0.2, 0.25) is 0 Å². The molecule has 0 bridgehead atoms. The van der Waals surface area contributed by atoms with Crippen LogP contribution in [0.3, 0.4) is 0 Å². The summed E-state index contributed by atoms with van der Waals surface area (Å²) in [5, 5.41) is 0. The minimum atomic E-state index is 0.563. The fraction of sp³-hybridized carbons (Fsp3) is 0.875. The first-order valence-electron chi connectivity index (χ1n) is 7.04. The molecule has 0 unspecified atom stereocenters. The van der Waals surface area contributed by atoms with Gasteiger partial charge in [-0.2, -0.15) is 0 Å². The summed E-state index contributed by atoms with van der Waals surface area (Å²) >= 11 is 0. The van der Waals surface area contributed by atoms with Crippen LogP contribution in [0.15, 0.2) is 12.2 Å². The van der Waals surface area contributed by atoms with Crippen molar-refractivity contribution in [3.8, 4) is 0 Å². The van der Waals surface area contributed by atoms with Gasteiger partial charge in [-0.1, -0.05) is 45.8 Å². The molecule has 2 fully saturated rings. The second-order valence-electron chi connectivity index (χ2n) is 7.06. The monoisotopic (exact) mass is 220 g/mol. The van der Waals surface area contributed by atoms with Crippen LogP contribution in [-0.2, 0) is 0 Å². The Morgan fingerprint density at radius 2 is 1.88 bits per heavy atom. The lowest BCUT2D eigenvalue weighted by atomic mass is 9.46. The van der Waals surface area contributed by atoms with Crippen molar-refractivity contribution >= 4 is 0 Å². The van der Waals surface area contributed by atoms with Crippen LogP contribution in [0.4, 0.5) is 0 Å². The van der Waals surface area contributed by atoms with Crippen LogP contribution >= 0.6 is 0 Å². The molecule has 0 aliphatic heterocycles. The number of hydrogen-bond donors (Lipinski definition) is 0. The molecule has 0 amide bonds. The molecule has 0 heteroatoms. The van der Waals surface area contributed by atoms with E-state index >= 15 is 0 Å². The fourth-order valence-corrected chi connectivity index (χ4v) is 4.38. The second-order valence-corrected chi connectivity index (χ2v) is 7.06. The van der Waals surface area contributed by atoms with E-state index in [1.54, 1.807) is 0 Å². The van der Waals surface area contributed by atoms with Gasteiger partial charge >= 0.3 is 0 Å². The van der Waals surface area contributed by atoms with Gasteiger partial charge in [-0.3, -0.25) is 0 Å². The van der Waals surface area contributed by atoms with Gasteiger partial charge in [-0.05, 0) is 55.3 Å². The number of fused-ring (bicyclic) bond motifs is 1. The van der Waals surface area contributed by atoms with Crippen molar-refractivity contribution in [1.29, 1.82) is 0 Å². The molecule has 0 aromatic rings. The summed E-state index contributed by atoms with van der Waals surface area (Å²) in [5.41, 5.74) is 2.59. The maximum Gasteiger partial charge on any atom is -0.0203 e. The highest BCUT2D eigenvalue weighted by molar-refractivity contribution is 5.08. The SMILES string of the molecule is C=C(C)[C@@H]1CC[C@@]2(C)CCC[C@H](C)[C@@]2(C)C1. The Kier molecular flexibility index (Phi) is 2.97. The smallest absolute Gasteiger partial charge is 0.0203 e. The summed E-state index contributed by atoms with van der Waals surface area (Å²) in [5.74, 6) is 1.69. The molecule has 92 valence electrons. The third-order valence-corrected chi connectivity index (χ3v) is 6.24. The molecule has 0 saturated heterocycles. The predicted molar refractivity (Wildman–Crippen MR) is 71.4 cm³/mol. The van der Waals surface area contributed by atoms with Gasteiger partial charge < -0.3 is 0 Å². The van der Waals surface area contributed by atoms with Crippen molar-refractivity contribution in [2.75, 3.05) is 0 Å². The van der Waals surface area contributed by atoms with E-state index in [-0.39, 0.29) is 0 Å². The van der Waals surface area contributed by atoms with Crippen LogP contribution in [0.1, 0.15) is 66.2 Å². The summed E-state index contributed by atoms with van der Waals surface area (Å²) in [6.07, 6.45) is 8.54. The third kappa shape index (κ3) is 1.65. The molecule has 0 radical (unpaired) electrons. The van der Waals surface area contributed by atoms with E-state index in [4.69, 9.17) is 0 Å². The lowest BCUT2D eigenvalue weighted by Gasteiger charge is -2.59. The van der Waals surface area contributed by atoms with Gasteiger partial charge in [-0.25, -0.2) is 0 Å². The molecule has 2 rings (SSSR count). The van der Waals surface area contributed by atoms with Crippen LogP contribution in [0.5, 0.6) is 0 Å². The Hall–Kier alpha value is -0.260.